The van der Waals surface area contributed by atoms with E-state index in [4.69, 9.17) is 0 Å². The van der Waals surface area contributed by atoms with Crippen LogP contribution >= 0.6 is 11.3 Å². The minimum absolute atomic E-state index is 0.213. The summed E-state index contributed by atoms with van der Waals surface area (Å²) in [5.74, 6) is 0. The molecule has 0 spiro atoms. The van der Waals surface area contributed by atoms with Gasteiger partial charge in [-0.25, -0.2) is 8.42 Å². The fourth-order valence-electron chi connectivity index (χ4n) is 1.87. The molecule has 20 heavy (non-hydrogen) atoms. The first-order chi connectivity index (χ1) is 9.56. The zero-order valence-electron chi connectivity index (χ0n) is 11.4. The number of hydrogen-bond acceptors (Lipinski definition) is 5. The van der Waals surface area contributed by atoms with E-state index in [0.717, 1.165) is 30.1 Å². The molecule has 0 aliphatic heterocycles. The molecule has 7 heteroatoms. The SMILES string of the molecule is CCN(CC)c1ccc(NS(=O)(=O)c2cncs2)cc1. The summed E-state index contributed by atoms with van der Waals surface area (Å²) < 4.78 is 26.8. The summed E-state index contributed by atoms with van der Waals surface area (Å²) in [5.41, 5.74) is 3.13. The van der Waals surface area contributed by atoms with Gasteiger partial charge in [-0.1, -0.05) is 0 Å². The first kappa shape index (κ1) is 14.8. The first-order valence-corrected chi connectivity index (χ1v) is 8.69. The van der Waals surface area contributed by atoms with Gasteiger partial charge in [-0.3, -0.25) is 9.71 Å². The van der Waals surface area contributed by atoms with Crippen molar-refractivity contribution in [2.75, 3.05) is 22.7 Å². The van der Waals surface area contributed by atoms with Gasteiger partial charge in [0.2, 0.25) is 0 Å². The maximum Gasteiger partial charge on any atom is 0.273 e. The van der Waals surface area contributed by atoms with Crippen molar-refractivity contribution in [3.05, 3.63) is 36.0 Å². The van der Waals surface area contributed by atoms with E-state index in [1.807, 2.05) is 12.1 Å². The van der Waals surface area contributed by atoms with Crippen LogP contribution in [0.5, 0.6) is 0 Å². The fraction of sp³-hybridized carbons (Fsp3) is 0.308. The van der Waals surface area contributed by atoms with Crippen LogP contribution in [-0.2, 0) is 10.0 Å². The molecule has 108 valence electrons. The topological polar surface area (TPSA) is 62.3 Å². The molecule has 0 bridgehead atoms. The van der Waals surface area contributed by atoms with Crippen LogP contribution in [0, 0.1) is 0 Å². The summed E-state index contributed by atoms with van der Waals surface area (Å²) in [6.07, 6.45) is 1.34. The number of aromatic nitrogens is 1. The molecule has 2 aromatic rings. The Labute approximate surface area is 123 Å². The molecule has 0 unspecified atom stereocenters. The molecule has 0 saturated heterocycles. The van der Waals surface area contributed by atoms with Crippen LogP contribution in [-0.4, -0.2) is 26.5 Å². The highest BCUT2D eigenvalue weighted by atomic mass is 32.2. The minimum Gasteiger partial charge on any atom is -0.372 e. The Kier molecular flexibility index (Phi) is 4.61. The van der Waals surface area contributed by atoms with Crippen LogP contribution in [0.2, 0.25) is 0 Å². The lowest BCUT2D eigenvalue weighted by Gasteiger charge is -2.21. The summed E-state index contributed by atoms with van der Waals surface area (Å²) in [5, 5.41) is 0. The summed E-state index contributed by atoms with van der Waals surface area (Å²) >= 11 is 1.09. The molecule has 0 radical (unpaired) electrons. The Bertz CT molecular complexity index is 633. The molecule has 0 fully saturated rings. The van der Waals surface area contributed by atoms with Crippen molar-refractivity contribution in [2.24, 2.45) is 0 Å². The second-order valence-electron chi connectivity index (χ2n) is 4.15. The van der Waals surface area contributed by atoms with Crippen molar-refractivity contribution >= 4 is 32.7 Å². The van der Waals surface area contributed by atoms with Crippen LogP contribution in [0.1, 0.15) is 13.8 Å². The smallest absolute Gasteiger partial charge is 0.273 e. The number of sulfonamides is 1. The third-order valence-corrected chi connectivity index (χ3v) is 5.57. The summed E-state index contributed by atoms with van der Waals surface area (Å²) in [4.78, 5) is 5.98. The lowest BCUT2D eigenvalue weighted by Crippen LogP contribution is -2.21. The molecule has 0 aliphatic rings. The largest absolute Gasteiger partial charge is 0.372 e. The van der Waals surface area contributed by atoms with Crippen LogP contribution in [0.25, 0.3) is 0 Å². The average molecular weight is 311 g/mol. The quantitative estimate of drug-likeness (QED) is 0.891. The van der Waals surface area contributed by atoms with Gasteiger partial charge in [0.25, 0.3) is 10.0 Å². The van der Waals surface area contributed by atoms with E-state index in [1.54, 1.807) is 12.1 Å². The molecule has 1 aromatic carbocycles. The Morgan fingerprint density at radius 1 is 1.20 bits per heavy atom. The van der Waals surface area contributed by atoms with E-state index in [9.17, 15) is 8.42 Å². The maximum atomic E-state index is 12.0. The van der Waals surface area contributed by atoms with Crippen molar-refractivity contribution in [2.45, 2.75) is 18.1 Å². The molecule has 2 rings (SSSR count). The van der Waals surface area contributed by atoms with E-state index in [0.29, 0.717) is 5.69 Å². The molecule has 0 aliphatic carbocycles. The Morgan fingerprint density at radius 3 is 2.35 bits per heavy atom. The zero-order chi connectivity index (χ0) is 14.6. The van der Waals surface area contributed by atoms with E-state index in [2.05, 4.69) is 28.5 Å². The van der Waals surface area contributed by atoms with Crippen LogP contribution < -0.4 is 9.62 Å². The zero-order valence-corrected chi connectivity index (χ0v) is 13.0. The molecular weight excluding hydrogens is 294 g/mol. The van der Waals surface area contributed by atoms with Crippen LogP contribution in [0.15, 0.2) is 40.2 Å². The predicted octanol–water partition coefficient (Wildman–Crippen LogP) is 2.79. The van der Waals surface area contributed by atoms with Gasteiger partial charge in [-0.15, -0.1) is 11.3 Å². The first-order valence-electron chi connectivity index (χ1n) is 6.33. The molecule has 5 nitrogen and oxygen atoms in total. The molecule has 1 heterocycles. The van der Waals surface area contributed by atoms with Gasteiger partial charge in [0.05, 0.1) is 11.7 Å². The highest BCUT2D eigenvalue weighted by Gasteiger charge is 2.15. The van der Waals surface area contributed by atoms with Crippen LogP contribution in [0.3, 0.4) is 0 Å². The van der Waals surface area contributed by atoms with Gasteiger partial charge in [0.1, 0.15) is 0 Å². The molecule has 1 N–H and O–H groups in total. The van der Waals surface area contributed by atoms with Crippen molar-refractivity contribution in [1.82, 2.24) is 4.98 Å². The van der Waals surface area contributed by atoms with Crippen molar-refractivity contribution in [1.29, 1.82) is 0 Å². The van der Waals surface area contributed by atoms with Gasteiger partial charge in [-0.2, -0.15) is 0 Å². The maximum absolute atomic E-state index is 12.0. The number of hydrogen-bond donors (Lipinski definition) is 1. The average Bonchev–Trinajstić information content (AvgIpc) is 2.96. The molecule has 1 aromatic heterocycles. The second kappa shape index (κ2) is 6.23. The van der Waals surface area contributed by atoms with E-state index in [1.165, 1.54) is 11.7 Å². The van der Waals surface area contributed by atoms with Gasteiger partial charge in [0, 0.05) is 24.5 Å². The highest BCUT2D eigenvalue weighted by Crippen LogP contribution is 2.21. The number of thiazole rings is 1. The second-order valence-corrected chi connectivity index (χ2v) is 6.94. The van der Waals surface area contributed by atoms with E-state index in [-0.39, 0.29) is 4.21 Å². The number of nitrogens with zero attached hydrogens (tertiary/aromatic N) is 2. The molecule has 0 saturated carbocycles. The van der Waals surface area contributed by atoms with Gasteiger partial charge in [0.15, 0.2) is 4.21 Å². The minimum atomic E-state index is -3.52. The van der Waals surface area contributed by atoms with Crippen molar-refractivity contribution in [3.8, 4) is 0 Å². The highest BCUT2D eigenvalue weighted by molar-refractivity contribution is 7.94. The predicted molar refractivity (Wildman–Crippen MR) is 82.9 cm³/mol. The number of nitrogens with one attached hydrogen (secondary N) is 1. The van der Waals surface area contributed by atoms with Crippen molar-refractivity contribution in [3.63, 3.8) is 0 Å². The number of benzene rings is 1. The molecule has 0 atom stereocenters. The number of anilines is 2. The standard InChI is InChI=1S/C13H17N3O2S2/c1-3-16(4-2)12-7-5-11(6-8-12)15-20(17,18)13-9-14-10-19-13/h5-10,15H,3-4H2,1-2H3. The third kappa shape index (κ3) is 3.29. The normalized spacial score (nSPS) is 11.3. The van der Waals surface area contributed by atoms with E-state index < -0.39 is 10.0 Å². The van der Waals surface area contributed by atoms with Crippen molar-refractivity contribution < 1.29 is 8.42 Å². The van der Waals surface area contributed by atoms with E-state index >= 15 is 0 Å². The molecule has 0 amide bonds. The summed E-state index contributed by atoms with van der Waals surface area (Å²) in [7, 11) is -3.52. The lowest BCUT2D eigenvalue weighted by molar-refractivity contribution is 0.603. The van der Waals surface area contributed by atoms with Crippen LogP contribution in [0.4, 0.5) is 11.4 Å². The molecular formula is C13H17N3O2S2. The third-order valence-electron chi connectivity index (χ3n) is 2.92. The Hall–Kier alpha value is -1.60. The summed E-state index contributed by atoms with van der Waals surface area (Å²) in [6, 6.07) is 7.37. The lowest BCUT2D eigenvalue weighted by atomic mass is 10.2. The van der Waals surface area contributed by atoms with Gasteiger partial charge >= 0.3 is 0 Å². The summed E-state index contributed by atoms with van der Waals surface area (Å²) in [6.45, 7) is 6.01. The Morgan fingerprint density at radius 2 is 1.85 bits per heavy atom. The fourth-order valence-corrected chi connectivity index (χ4v) is 3.73. The monoisotopic (exact) mass is 311 g/mol. The van der Waals surface area contributed by atoms with Gasteiger partial charge < -0.3 is 4.90 Å². The number of rotatable bonds is 6. The Balaban J connectivity index is 2.15. The van der Waals surface area contributed by atoms with Gasteiger partial charge in [-0.05, 0) is 38.1 Å².